The first kappa shape index (κ1) is 16.6. The number of carbonyl (C=O) groups is 1. The Morgan fingerprint density at radius 3 is 2.60 bits per heavy atom. The maximum atomic E-state index is 12.8. The van der Waals surface area contributed by atoms with Gasteiger partial charge in [0.25, 0.3) is 0 Å². The Morgan fingerprint density at radius 1 is 1.08 bits per heavy atom. The Bertz CT molecular complexity index is 921. The molecule has 0 aliphatic heterocycles. The van der Waals surface area contributed by atoms with E-state index in [1.54, 1.807) is 18.3 Å². The lowest BCUT2D eigenvalue weighted by molar-refractivity contribution is 0.100. The fourth-order valence-electron chi connectivity index (χ4n) is 2.66. The Labute approximate surface area is 144 Å². The van der Waals surface area contributed by atoms with E-state index in [0.717, 1.165) is 21.9 Å². The van der Waals surface area contributed by atoms with Gasteiger partial charge in [0, 0.05) is 12.6 Å². The van der Waals surface area contributed by atoms with Gasteiger partial charge in [0.15, 0.2) is 0 Å². The smallest absolute Gasteiger partial charge is 0.249 e. The lowest BCUT2D eigenvalue weighted by atomic mass is 9.97. The largest absolute Gasteiger partial charge is 0.391 e. The van der Waals surface area contributed by atoms with Crippen LogP contribution in [0.1, 0.15) is 21.5 Å². The standard InChI is InChI=1S/C20H17FN2O2/c21-17-9-5-14(6-10-17)13-25-23-12-11-16-8-7-15-3-1-2-4-18(15)19(16)20(22)24/h1-10,12H,11,13H2,(H2,22,24). The molecule has 0 spiro atoms. The third-order valence-corrected chi connectivity index (χ3v) is 3.87. The van der Waals surface area contributed by atoms with Crippen molar-refractivity contribution in [2.24, 2.45) is 10.9 Å². The first-order valence-electron chi connectivity index (χ1n) is 7.84. The highest BCUT2D eigenvalue weighted by atomic mass is 19.1. The van der Waals surface area contributed by atoms with E-state index in [9.17, 15) is 9.18 Å². The molecule has 0 fully saturated rings. The zero-order valence-electron chi connectivity index (χ0n) is 13.5. The minimum Gasteiger partial charge on any atom is -0.391 e. The van der Waals surface area contributed by atoms with E-state index in [2.05, 4.69) is 5.16 Å². The Kier molecular flexibility index (Phi) is 5.04. The zero-order valence-corrected chi connectivity index (χ0v) is 13.5. The molecule has 0 aliphatic carbocycles. The van der Waals surface area contributed by atoms with Crippen molar-refractivity contribution in [3.8, 4) is 0 Å². The molecule has 0 bridgehead atoms. The van der Waals surface area contributed by atoms with Crippen LogP contribution < -0.4 is 5.73 Å². The number of carbonyl (C=O) groups excluding carboxylic acids is 1. The number of benzene rings is 3. The van der Waals surface area contributed by atoms with Gasteiger partial charge in [-0.1, -0.05) is 53.7 Å². The van der Waals surface area contributed by atoms with Crippen molar-refractivity contribution in [1.29, 1.82) is 0 Å². The lowest BCUT2D eigenvalue weighted by Gasteiger charge is -2.08. The molecule has 0 saturated heterocycles. The van der Waals surface area contributed by atoms with Crippen molar-refractivity contribution in [3.05, 3.63) is 83.2 Å². The third-order valence-electron chi connectivity index (χ3n) is 3.87. The molecule has 1 amide bonds. The molecule has 25 heavy (non-hydrogen) atoms. The second kappa shape index (κ2) is 7.57. The number of fused-ring (bicyclic) bond motifs is 1. The Morgan fingerprint density at radius 2 is 1.84 bits per heavy atom. The summed E-state index contributed by atoms with van der Waals surface area (Å²) in [4.78, 5) is 17.1. The third kappa shape index (κ3) is 4.01. The summed E-state index contributed by atoms with van der Waals surface area (Å²) >= 11 is 0. The van der Waals surface area contributed by atoms with Crippen molar-refractivity contribution in [2.45, 2.75) is 13.0 Å². The number of hydrogen-bond acceptors (Lipinski definition) is 3. The van der Waals surface area contributed by atoms with Gasteiger partial charge in [0.2, 0.25) is 5.91 Å². The predicted octanol–water partition coefficient (Wildman–Crippen LogP) is 3.82. The van der Waals surface area contributed by atoms with E-state index in [0.29, 0.717) is 12.0 Å². The van der Waals surface area contributed by atoms with Crippen molar-refractivity contribution >= 4 is 22.9 Å². The molecule has 0 aliphatic rings. The zero-order chi connectivity index (χ0) is 17.6. The molecule has 2 N–H and O–H groups in total. The number of nitrogens with zero attached hydrogens (tertiary/aromatic N) is 1. The maximum Gasteiger partial charge on any atom is 0.249 e. The number of nitrogens with two attached hydrogens (primary N) is 1. The van der Waals surface area contributed by atoms with Gasteiger partial charge < -0.3 is 10.6 Å². The predicted molar refractivity (Wildman–Crippen MR) is 95.9 cm³/mol. The minimum absolute atomic E-state index is 0.247. The number of oxime groups is 1. The van der Waals surface area contributed by atoms with E-state index < -0.39 is 5.91 Å². The minimum atomic E-state index is -0.465. The van der Waals surface area contributed by atoms with Crippen LogP contribution >= 0.6 is 0 Å². The molecule has 3 aromatic carbocycles. The fraction of sp³-hybridized carbons (Fsp3) is 0.100. The maximum absolute atomic E-state index is 12.8. The average molecular weight is 336 g/mol. The van der Waals surface area contributed by atoms with Gasteiger partial charge in [-0.15, -0.1) is 0 Å². The summed E-state index contributed by atoms with van der Waals surface area (Å²) in [6, 6.07) is 17.4. The molecular weight excluding hydrogens is 319 g/mol. The van der Waals surface area contributed by atoms with Gasteiger partial charge >= 0.3 is 0 Å². The Hall–Kier alpha value is -3.21. The number of rotatable bonds is 6. The molecule has 4 nitrogen and oxygen atoms in total. The lowest BCUT2D eigenvalue weighted by Crippen LogP contribution is -2.14. The van der Waals surface area contributed by atoms with E-state index >= 15 is 0 Å². The van der Waals surface area contributed by atoms with Crippen molar-refractivity contribution in [2.75, 3.05) is 0 Å². The summed E-state index contributed by atoms with van der Waals surface area (Å²) < 4.78 is 12.8. The SMILES string of the molecule is NC(=O)c1c(CC=NOCc2ccc(F)cc2)ccc2ccccc12. The molecule has 0 atom stereocenters. The number of hydrogen-bond donors (Lipinski definition) is 1. The normalized spacial score (nSPS) is 11.1. The highest BCUT2D eigenvalue weighted by Gasteiger charge is 2.11. The summed E-state index contributed by atoms with van der Waals surface area (Å²) in [6.45, 7) is 0.247. The van der Waals surface area contributed by atoms with Crippen LogP contribution in [0.5, 0.6) is 0 Å². The quantitative estimate of drug-likeness (QED) is 0.549. The first-order chi connectivity index (χ1) is 12.1. The van der Waals surface area contributed by atoms with Gasteiger partial charge in [0.1, 0.15) is 12.4 Å². The summed E-state index contributed by atoms with van der Waals surface area (Å²) in [5.41, 5.74) is 7.67. The van der Waals surface area contributed by atoms with Crippen LogP contribution in [0.3, 0.4) is 0 Å². The highest BCUT2D eigenvalue weighted by Crippen LogP contribution is 2.22. The van der Waals surface area contributed by atoms with Crippen LogP contribution in [-0.2, 0) is 17.9 Å². The first-order valence-corrected chi connectivity index (χ1v) is 7.84. The molecule has 0 heterocycles. The van der Waals surface area contributed by atoms with E-state index in [-0.39, 0.29) is 12.4 Å². The fourth-order valence-corrected chi connectivity index (χ4v) is 2.66. The van der Waals surface area contributed by atoms with Gasteiger partial charge in [-0.2, -0.15) is 0 Å². The number of halogens is 1. The molecule has 0 aromatic heterocycles. The summed E-state index contributed by atoms with van der Waals surface area (Å²) in [5, 5.41) is 5.68. The van der Waals surface area contributed by atoms with E-state index in [1.807, 2.05) is 36.4 Å². The Balaban J connectivity index is 1.69. The van der Waals surface area contributed by atoms with E-state index in [1.165, 1.54) is 12.1 Å². The summed E-state index contributed by atoms with van der Waals surface area (Å²) in [5.74, 6) is -0.755. The van der Waals surface area contributed by atoms with Gasteiger partial charge in [-0.3, -0.25) is 4.79 Å². The topological polar surface area (TPSA) is 64.7 Å². The van der Waals surface area contributed by atoms with Crippen molar-refractivity contribution < 1.29 is 14.0 Å². The highest BCUT2D eigenvalue weighted by molar-refractivity contribution is 6.08. The molecule has 3 rings (SSSR count). The van der Waals surface area contributed by atoms with Crippen LogP contribution in [-0.4, -0.2) is 12.1 Å². The van der Waals surface area contributed by atoms with Crippen LogP contribution in [0.4, 0.5) is 4.39 Å². The number of primary amides is 1. The molecule has 0 saturated carbocycles. The molecular formula is C20H17FN2O2. The molecule has 5 heteroatoms. The van der Waals surface area contributed by atoms with Crippen LogP contribution in [0.25, 0.3) is 10.8 Å². The molecule has 0 radical (unpaired) electrons. The van der Waals surface area contributed by atoms with Crippen LogP contribution in [0.15, 0.2) is 65.8 Å². The van der Waals surface area contributed by atoms with Gasteiger partial charge in [0.05, 0.1) is 5.56 Å². The average Bonchev–Trinajstić information content (AvgIpc) is 2.62. The van der Waals surface area contributed by atoms with Crippen molar-refractivity contribution in [1.82, 2.24) is 0 Å². The van der Waals surface area contributed by atoms with Gasteiger partial charge in [-0.25, -0.2) is 4.39 Å². The van der Waals surface area contributed by atoms with E-state index in [4.69, 9.17) is 10.6 Å². The summed E-state index contributed by atoms with van der Waals surface area (Å²) in [6.07, 6.45) is 2.01. The van der Waals surface area contributed by atoms with Crippen LogP contribution in [0, 0.1) is 5.82 Å². The number of amides is 1. The second-order valence-electron chi connectivity index (χ2n) is 5.58. The van der Waals surface area contributed by atoms with Gasteiger partial charge in [-0.05, 0) is 34.0 Å². The summed E-state index contributed by atoms with van der Waals surface area (Å²) in [7, 11) is 0. The van der Waals surface area contributed by atoms with Crippen molar-refractivity contribution in [3.63, 3.8) is 0 Å². The molecule has 0 unspecified atom stereocenters. The second-order valence-corrected chi connectivity index (χ2v) is 5.58. The monoisotopic (exact) mass is 336 g/mol. The molecule has 126 valence electrons. The van der Waals surface area contributed by atoms with Crippen LogP contribution in [0.2, 0.25) is 0 Å². The molecule has 3 aromatic rings.